The lowest BCUT2D eigenvalue weighted by molar-refractivity contribution is -0.366. The topological polar surface area (TPSA) is 396 Å². The number of hydrogen-bond donors (Lipinski definition) is 12. The number of nitrogens with two attached hydrogens (primary N) is 2. The van der Waals surface area contributed by atoms with E-state index >= 15 is 0 Å². The van der Waals surface area contributed by atoms with Gasteiger partial charge in [-0.25, -0.2) is 0 Å². The first-order valence-corrected chi connectivity index (χ1v) is 25.2. The fourth-order valence-corrected chi connectivity index (χ4v) is 12.6. The maximum absolute atomic E-state index is 14.4. The zero-order chi connectivity index (χ0) is 56.0. The second-order valence-electron chi connectivity index (χ2n) is 21.2. The van der Waals surface area contributed by atoms with Crippen LogP contribution in [0, 0.1) is 0 Å². The Morgan fingerprint density at radius 2 is 1.01 bits per heavy atom. The van der Waals surface area contributed by atoms with Crippen molar-refractivity contribution >= 4 is 23.1 Å². The molecule has 0 bridgehead atoms. The SMILES string of the molecule is COc1cccc2c1C(=O)c1c(O)c3c(c(O)c1C2=O)CC(O)(C1(O)COC(CO)(C2(O)Cc4c(O)c5c(c(O)c4C(OC4CC(N)C(O)C(C)O4)C2)C(=O)c2c(OC)cccc2C5=O)O1)CC3OC1CC(N)C(O)C(C)O1. The van der Waals surface area contributed by atoms with E-state index < -0.39 is 202 Å². The summed E-state index contributed by atoms with van der Waals surface area (Å²) in [6.45, 7) is 0.573. The lowest BCUT2D eigenvalue weighted by Gasteiger charge is -2.50. The number of aromatic hydroxyl groups is 4. The number of aliphatic hydroxyl groups is 6. The predicted octanol–water partition coefficient (Wildman–Crippen LogP) is 0.317. The number of hydrogen-bond acceptors (Lipinski definition) is 24. The molecule has 0 amide bonds. The Morgan fingerprint density at radius 3 is 1.42 bits per heavy atom. The number of benzene rings is 4. The number of ether oxygens (including phenoxy) is 8. The van der Waals surface area contributed by atoms with Crippen LogP contribution in [0.1, 0.15) is 138 Å². The van der Waals surface area contributed by atoms with Gasteiger partial charge in [-0.2, -0.15) is 0 Å². The summed E-state index contributed by atoms with van der Waals surface area (Å²) in [7, 11) is 2.54. The molecule has 14 atom stereocenters. The maximum Gasteiger partial charge on any atom is 0.224 e. The van der Waals surface area contributed by atoms with Crippen LogP contribution in [0.3, 0.4) is 0 Å². The molecule has 7 aliphatic rings. The first-order chi connectivity index (χ1) is 36.9. The number of carbonyl (C=O) groups is 4. The van der Waals surface area contributed by atoms with Gasteiger partial charge in [-0.15, -0.1) is 0 Å². The van der Waals surface area contributed by atoms with Crippen LogP contribution >= 0.6 is 0 Å². The number of methoxy groups -OCH3 is 2. The highest BCUT2D eigenvalue weighted by molar-refractivity contribution is 6.32. The highest BCUT2D eigenvalue weighted by Crippen LogP contribution is 2.60. The molecule has 3 fully saturated rings. The van der Waals surface area contributed by atoms with Crippen molar-refractivity contribution in [2.24, 2.45) is 11.5 Å². The van der Waals surface area contributed by atoms with E-state index in [0.29, 0.717) is 0 Å². The summed E-state index contributed by atoms with van der Waals surface area (Å²) < 4.78 is 47.9. The third-order valence-electron chi connectivity index (χ3n) is 16.8. The van der Waals surface area contributed by atoms with E-state index in [0.717, 1.165) is 0 Å². The molecule has 24 heteroatoms. The first-order valence-electron chi connectivity index (χ1n) is 25.2. The monoisotopic (exact) mass is 1090 g/mol. The van der Waals surface area contributed by atoms with Gasteiger partial charge in [-0.1, -0.05) is 24.3 Å². The van der Waals surface area contributed by atoms with Crippen molar-refractivity contribution in [3.8, 4) is 34.5 Å². The summed E-state index contributed by atoms with van der Waals surface area (Å²) in [6.07, 6.45) is -13.9. The fourth-order valence-electron chi connectivity index (χ4n) is 12.6. The van der Waals surface area contributed by atoms with Crippen molar-refractivity contribution in [1.82, 2.24) is 0 Å². The summed E-state index contributed by atoms with van der Waals surface area (Å²) in [5.74, 6) is -13.1. The zero-order valence-corrected chi connectivity index (χ0v) is 42.4. The second-order valence-corrected chi connectivity index (χ2v) is 21.2. The highest BCUT2D eigenvalue weighted by Gasteiger charge is 2.70. The summed E-state index contributed by atoms with van der Waals surface area (Å²) in [6, 6.07) is 6.50. The van der Waals surface area contributed by atoms with Crippen molar-refractivity contribution in [2.75, 3.05) is 27.4 Å². The molecular formula is C54H58N2O22. The Kier molecular flexibility index (Phi) is 12.9. The second kappa shape index (κ2) is 18.7. The van der Waals surface area contributed by atoms with Gasteiger partial charge in [-0.05, 0) is 26.0 Å². The van der Waals surface area contributed by atoms with Crippen LogP contribution in [0.15, 0.2) is 36.4 Å². The molecule has 14 unspecified atom stereocenters. The van der Waals surface area contributed by atoms with Crippen molar-refractivity contribution < 1.29 is 108 Å². The standard InChI is InChI=1S/C54H58N2O22/c1-19-41(58)25(55)11-31(74-19)76-29-15-51(68,13-23-35(29)49(66)39-37(45(23)62)43(60)21-7-5-9-27(71-3)33(21)47(39)64)53(70)18-73-54(17-57,78-53)52(69)14-24-36(30(16-52)77-32-12-26(56)42(59)20(2)75-32)50(67)40-38(46(24)63)44(61)22-8-6-10-28(72-4)34(22)48(40)65/h5-10,19-20,25-26,29-32,41-42,57-59,62-63,66-70H,11-18,55-56H2,1-4H3. The Labute approximate surface area is 443 Å². The maximum atomic E-state index is 14.4. The average molecular weight is 1090 g/mol. The van der Waals surface area contributed by atoms with E-state index in [2.05, 4.69) is 0 Å². The Bertz CT molecular complexity index is 3220. The third-order valence-corrected chi connectivity index (χ3v) is 16.8. The Hall–Kier alpha value is -6.20. The minimum atomic E-state index is -3.09. The van der Waals surface area contributed by atoms with E-state index in [4.69, 9.17) is 49.4 Å². The van der Waals surface area contributed by atoms with Crippen LogP contribution in [0.2, 0.25) is 0 Å². The van der Waals surface area contributed by atoms with Crippen molar-refractivity contribution in [3.05, 3.63) is 103 Å². The zero-order valence-electron chi connectivity index (χ0n) is 42.4. The van der Waals surface area contributed by atoms with Crippen molar-refractivity contribution in [3.63, 3.8) is 0 Å². The highest BCUT2D eigenvalue weighted by atomic mass is 16.8. The van der Waals surface area contributed by atoms with Gasteiger partial charge in [-0.3, -0.25) is 19.2 Å². The number of ketones is 4. The predicted molar refractivity (Wildman–Crippen MR) is 261 cm³/mol. The number of rotatable bonds is 9. The van der Waals surface area contributed by atoms with Crippen LogP contribution in [-0.2, 0) is 41.3 Å². The Balaban J connectivity index is 1.01. The van der Waals surface area contributed by atoms with Gasteiger partial charge in [0.15, 0.2) is 24.1 Å². The molecule has 4 aliphatic carbocycles. The molecule has 3 saturated heterocycles. The molecule has 24 nitrogen and oxygen atoms in total. The van der Waals surface area contributed by atoms with Crippen LogP contribution in [-0.4, -0.2) is 173 Å². The van der Waals surface area contributed by atoms with E-state index in [9.17, 15) is 70.2 Å². The third kappa shape index (κ3) is 7.65. The van der Waals surface area contributed by atoms with Gasteiger partial charge in [0.25, 0.3) is 0 Å². The molecule has 0 spiro atoms. The number of phenolic OH excluding ortho intramolecular Hbond substituents is 4. The Morgan fingerprint density at radius 1 is 0.603 bits per heavy atom. The minimum Gasteiger partial charge on any atom is -0.507 e. The quantitative estimate of drug-likeness (QED) is 0.0867. The first kappa shape index (κ1) is 53.8. The summed E-state index contributed by atoms with van der Waals surface area (Å²) in [5.41, 5.74) is 2.17. The van der Waals surface area contributed by atoms with Gasteiger partial charge in [0.2, 0.25) is 23.1 Å². The van der Waals surface area contributed by atoms with Gasteiger partial charge >= 0.3 is 0 Å². The smallest absolute Gasteiger partial charge is 0.224 e. The van der Waals surface area contributed by atoms with Gasteiger partial charge in [0, 0.05) is 84.0 Å². The molecule has 14 N–H and O–H groups in total. The molecule has 416 valence electrons. The molecule has 78 heavy (non-hydrogen) atoms. The molecule has 3 aliphatic heterocycles. The number of phenols is 4. The van der Waals surface area contributed by atoms with Crippen LogP contribution < -0.4 is 20.9 Å². The van der Waals surface area contributed by atoms with E-state index in [-0.39, 0.29) is 57.7 Å². The molecule has 4 aromatic carbocycles. The molecule has 0 aromatic heterocycles. The lowest BCUT2D eigenvalue weighted by Crippen LogP contribution is -2.65. The van der Waals surface area contributed by atoms with Gasteiger partial charge < -0.3 is 100 Å². The molecule has 11 rings (SSSR count). The number of fused-ring (bicyclic) bond motifs is 6. The van der Waals surface area contributed by atoms with Crippen LogP contribution in [0.5, 0.6) is 34.5 Å². The van der Waals surface area contributed by atoms with Crippen molar-refractivity contribution in [1.29, 1.82) is 0 Å². The average Bonchev–Trinajstić information content (AvgIpc) is 3.98. The largest absolute Gasteiger partial charge is 0.507 e. The summed E-state index contributed by atoms with van der Waals surface area (Å²) >= 11 is 0. The molecule has 0 saturated carbocycles. The molecule has 3 heterocycles. The fraction of sp³-hybridized carbons (Fsp3) is 0.481. The summed E-state index contributed by atoms with van der Waals surface area (Å²) in [4.78, 5) is 57.4. The molecule has 4 aromatic rings. The van der Waals surface area contributed by atoms with Gasteiger partial charge in [0.1, 0.15) is 58.9 Å². The molecular weight excluding hydrogens is 1030 g/mol. The minimum absolute atomic E-state index is 0.0101. The lowest BCUT2D eigenvalue weighted by atomic mass is 9.69. The van der Waals surface area contributed by atoms with E-state index in [1.165, 1.54) is 64.5 Å². The van der Waals surface area contributed by atoms with Crippen LogP contribution in [0.4, 0.5) is 0 Å². The van der Waals surface area contributed by atoms with Crippen LogP contribution in [0.25, 0.3) is 0 Å². The van der Waals surface area contributed by atoms with Crippen molar-refractivity contribution in [2.45, 2.75) is 136 Å². The molecule has 0 radical (unpaired) electrons. The summed E-state index contributed by atoms with van der Waals surface area (Å²) in [5, 5.41) is 121. The number of aliphatic hydroxyl groups excluding tert-OH is 3. The number of carbonyl (C=O) groups excluding carboxylic acids is 4. The van der Waals surface area contributed by atoms with E-state index in [1.807, 2.05) is 0 Å². The van der Waals surface area contributed by atoms with E-state index in [1.54, 1.807) is 0 Å². The normalized spacial score (nSPS) is 35.0. The van der Waals surface area contributed by atoms with Gasteiger partial charge in [0.05, 0.1) is 84.2 Å².